The highest BCUT2D eigenvalue weighted by Gasteiger charge is 2.12. The lowest BCUT2D eigenvalue weighted by Crippen LogP contribution is -2.42. The van der Waals surface area contributed by atoms with Crippen molar-refractivity contribution in [1.29, 1.82) is 0 Å². The molecule has 6 N–H and O–H groups in total. The molecule has 2 aromatic rings. The molecule has 0 saturated carbocycles. The van der Waals surface area contributed by atoms with E-state index in [1.54, 1.807) is 24.3 Å². The molecule has 2 rings (SSSR count). The SMILES string of the molecule is CC(C)(C)NC(=S)Nc1cc(Br)c(O)c(Br)c1.CC(C)NC(=S)Nc1cc(Br)c(O)c(Br)c1. The quantitative estimate of drug-likeness (QED) is 0.141. The van der Waals surface area contributed by atoms with Crippen molar-refractivity contribution in [2.24, 2.45) is 0 Å². The fraction of sp³-hybridized carbons (Fsp3) is 0.333. The number of nitrogens with one attached hydrogen (secondary N) is 4. The van der Waals surface area contributed by atoms with E-state index in [-0.39, 0.29) is 23.1 Å². The molecule has 0 unspecified atom stereocenters. The molecular weight excluding hydrogens is 724 g/mol. The van der Waals surface area contributed by atoms with Gasteiger partial charge in [-0.15, -0.1) is 0 Å². The van der Waals surface area contributed by atoms with Gasteiger partial charge in [0.15, 0.2) is 10.2 Å². The van der Waals surface area contributed by atoms with Gasteiger partial charge in [0, 0.05) is 23.0 Å². The Morgan fingerprint density at radius 1 is 0.758 bits per heavy atom. The number of halogens is 4. The Balaban J connectivity index is 0.000000331. The molecule has 2 aromatic carbocycles. The van der Waals surface area contributed by atoms with Crippen molar-refractivity contribution in [1.82, 2.24) is 10.6 Å². The van der Waals surface area contributed by atoms with Gasteiger partial charge in [-0.25, -0.2) is 0 Å². The van der Waals surface area contributed by atoms with E-state index in [4.69, 9.17) is 24.4 Å². The Morgan fingerprint density at radius 2 is 1.09 bits per heavy atom. The summed E-state index contributed by atoms with van der Waals surface area (Å²) in [6, 6.07) is 7.32. The second-order valence-electron chi connectivity index (χ2n) is 8.16. The maximum atomic E-state index is 9.58. The average Bonchev–Trinajstić information content (AvgIpc) is 2.62. The molecule has 0 bridgehead atoms. The van der Waals surface area contributed by atoms with Crippen LogP contribution in [-0.2, 0) is 0 Å². The molecule has 182 valence electrons. The van der Waals surface area contributed by atoms with Crippen LogP contribution in [0.3, 0.4) is 0 Å². The van der Waals surface area contributed by atoms with E-state index < -0.39 is 0 Å². The molecular formula is C21H26Br4N4O2S2. The van der Waals surface area contributed by atoms with Crippen molar-refractivity contribution in [2.75, 3.05) is 10.6 Å². The lowest BCUT2D eigenvalue weighted by molar-refractivity contribution is 0.468. The zero-order valence-electron chi connectivity index (χ0n) is 18.6. The van der Waals surface area contributed by atoms with Crippen molar-refractivity contribution in [3.8, 4) is 11.5 Å². The van der Waals surface area contributed by atoms with E-state index in [1.165, 1.54) is 0 Å². The first-order valence-corrected chi connectivity index (χ1v) is 13.6. The van der Waals surface area contributed by atoms with Crippen LogP contribution >= 0.6 is 88.2 Å². The second kappa shape index (κ2) is 13.4. The fourth-order valence-electron chi connectivity index (χ4n) is 2.21. The summed E-state index contributed by atoms with van der Waals surface area (Å²) < 4.78 is 2.43. The summed E-state index contributed by atoms with van der Waals surface area (Å²) in [4.78, 5) is 0. The number of rotatable bonds is 3. The number of aromatic hydroxyl groups is 2. The van der Waals surface area contributed by atoms with Crippen LogP contribution in [-0.4, -0.2) is 32.0 Å². The maximum absolute atomic E-state index is 9.58. The monoisotopic (exact) mass is 746 g/mol. The van der Waals surface area contributed by atoms with Gasteiger partial charge in [-0.3, -0.25) is 0 Å². The summed E-state index contributed by atoms with van der Waals surface area (Å²) >= 11 is 23.3. The zero-order chi connectivity index (χ0) is 25.5. The number of thiocarbonyl (C=S) groups is 2. The van der Waals surface area contributed by atoms with Crippen LogP contribution in [0.15, 0.2) is 42.2 Å². The minimum Gasteiger partial charge on any atom is -0.506 e. The zero-order valence-corrected chi connectivity index (χ0v) is 26.6. The number of phenols is 2. The molecule has 0 aliphatic carbocycles. The summed E-state index contributed by atoms with van der Waals surface area (Å²) in [5.41, 5.74) is 1.51. The second-order valence-corrected chi connectivity index (χ2v) is 12.4. The maximum Gasteiger partial charge on any atom is 0.171 e. The minimum absolute atomic E-state index is 0.0878. The van der Waals surface area contributed by atoms with Gasteiger partial charge in [0.05, 0.1) is 17.9 Å². The van der Waals surface area contributed by atoms with Crippen LogP contribution in [0.2, 0.25) is 0 Å². The highest BCUT2D eigenvalue weighted by atomic mass is 79.9. The van der Waals surface area contributed by atoms with Crippen LogP contribution in [0.1, 0.15) is 34.6 Å². The van der Waals surface area contributed by atoms with Crippen LogP contribution in [0.25, 0.3) is 0 Å². The van der Waals surface area contributed by atoms with Gasteiger partial charge in [0.1, 0.15) is 11.5 Å². The lowest BCUT2D eigenvalue weighted by Gasteiger charge is -2.23. The number of anilines is 2. The molecule has 6 nitrogen and oxygen atoms in total. The molecule has 0 aromatic heterocycles. The summed E-state index contributed by atoms with van der Waals surface area (Å²) in [6.45, 7) is 10.1. The van der Waals surface area contributed by atoms with E-state index in [1.807, 2.05) is 34.6 Å². The van der Waals surface area contributed by atoms with Gasteiger partial charge in [0.2, 0.25) is 0 Å². The third-order valence-electron chi connectivity index (χ3n) is 3.46. The molecule has 0 aliphatic rings. The minimum atomic E-state index is -0.0878. The van der Waals surface area contributed by atoms with Gasteiger partial charge in [0.25, 0.3) is 0 Å². The van der Waals surface area contributed by atoms with Crippen molar-refractivity contribution >= 4 is 110 Å². The van der Waals surface area contributed by atoms with Crippen LogP contribution in [0.5, 0.6) is 11.5 Å². The normalized spacial score (nSPS) is 10.7. The number of phenolic OH excluding ortho intramolecular Hbond substituents is 2. The molecule has 0 amide bonds. The summed E-state index contributed by atoms with van der Waals surface area (Å²) in [5.74, 6) is 0.346. The Bertz CT molecular complexity index is 968. The Morgan fingerprint density at radius 3 is 1.39 bits per heavy atom. The fourth-order valence-corrected chi connectivity index (χ4v) is 5.36. The smallest absolute Gasteiger partial charge is 0.171 e. The molecule has 0 fully saturated rings. The highest BCUT2D eigenvalue weighted by molar-refractivity contribution is 9.11. The van der Waals surface area contributed by atoms with Crippen molar-refractivity contribution in [3.05, 3.63) is 42.2 Å². The largest absolute Gasteiger partial charge is 0.506 e. The van der Waals surface area contributed by atoms with Gasteiger partial charge in [-0.1, -0.05) is 0 Å². The van der Waals surface area contributed by atoms with E-state index in [9.17, 15) is 10.2 Å². The van der Waals surface area contributed by atoms with E-state index >= 15 is 0 Å². The number of benzene rings is 2. The van der Waals surface area contributed by atoms with E-state index in [0.717, 1.165) is 11.4 Å². The number of hydrogen-bond donors (Lipinski definition) is 6. The molecule has 0 saturated heterocycles. The van der Waals surface area contributed by atoms with Crippen LogP contribution in [0.4, 0.5) is 11.4 Å². The van der Waals surface area contributed by atoms with Gasteiger partial charge in [-0.2, -0.15) is 0 Å². The molecule has 12 heteroatoms. The average molecular weight is 750 g/mol. The first kappa shape index (κ1) is 30.4. The molecule has 0 aliphatic heterocycles. The third-order valence-corrected chi connectivity index (χ3v) is 6.30. The lowest BCUT2D eigenvalue weighted by atomic mass is 10.1. The number of hydrogen-bond acceptors (Lipinski definition) is 4. The van der Waals surface area contributed by atoms with E-state index in [2.05, 4.69) is 85.0 Å². The molecule has 0 radical (unpaired) electrons. The molecule has 0 atom stereocenters. The predicted octanol–water partition coefficient (Wildman–Crippen LogP) is 7.61. The summed E-state index contributed by atoms with van der Waals surface area (Å²) in [5, 5.41) is 32.5. The van der Waals surface area contributed by atoms with Crippen LogP contribution in [0, 0.1) is 0 Å². The first-order chi connectivity index (χ1) is 15.1. The van der Waals surface area contributed by atoms with E-state index in [0.29, 0.717) is 28.1 Å². The Labute approximate surface area is 239 Å². The van der Waals surface area contributed by atoms with Gasteiger partial charge >= 0.3 is 0 Å². The van der Waals surface area contributed by atoms with Crippen molar-refractivity contribution < 1.29 is 10.2 Å². The Hall–Kier alpha value is -0.660. The van der Waals surface area contributed by atoms with Crippen molar-refractivity contribution in [2.45, 2.75) is 46.2 Å². The van der Waals surface area contributed by atoms with Crippen molar-refractivity contribution in [3.63, 3.8) is 0 Å². The molecule has 0 spiro atoms. The van der Waals surface area contributed by atoms with Gasteiger partial charge in [-0.05, 0) is 147 Å². The highest BCUT2D eigenvalue weighted by Crippen LogP contribution is 2.36. The predicted molar refractivity (Wildman–Crippen MR) is 161 cm³/mol. The standard InChI is InChI=1S/C11H14Br2N2OS.C10H12Br2N2OS/c1-11(2,3)15-10(17)14-6-4-7(12)9(16)8(13)5-6;1-5(2)13-10(16)14-6-3-7(11)9(15)8(12)4-6/h4-5,16H,1-3H3,(H2,14,15,17);3-5,15H,1-2H3,(H2,13,14,16). The molecule has 33 heavy (non-hydrogen) atoms. The molecule has 0 heterocycles. The topological polar surface area (TPSA) is 88.6 Å². The van der Waals surface area contributed by atoms with Gasteiger partial charge < -0.3 is 31.5 Å². The summed E-state index contributed by atoms with van der Waals surface area (Å²) in [7, 11) is 0. The Kier molecular flexibility index (Phi) is 12.4. The van der Waals surface area contributed by atoms with Crippen LogP contribution < -0.4 is 21.3 Å². The third kappa shape index (κ3) is 11.5. The summed E-state index contributed by atoms with van der Waals surface area (Å²) in [6.07, 6.45) is 0. The first-order valence-electron chi connectivity index (χ1n) is 9.61.